The number of methoxy groups -OCH3 is 1. The SMILES string of the molecule is COc1cc(NC(=O)CCc2ccc(-c3ccccc3)c(NC(=O)OC3C[C@@H]4[C@H]5O[C@H]5[C@H](C3)[N+]4(C)C)c2)ccc1CNC[C@H](O)c1ccc(OC(=O)C(F)(F)F)c2[nH]c(=O)ccc12. The number of carbonyl (C=O) groups is 3. The molecule has 3 aliphatic heterocycles. The van der Waals surface area contributed by atoms with Crippen LogP contribution >= 0.6 is 0 Å². The molecule has 1 unspecified atom stereocenters. The Bertz CT molecular complexity index is 2580. The molecule has 0 radical (unpaired) electrons. The van der Waals surface area contributed by atoms with Gasteiger partial charge in [0.1, 0.15) is 36.1 Å². The number of amides is 2. The molecular formula is C46H47F3N5O9+. The van der Waals surface area contributed by atoms with Crippen LogP contribution in [-0.4, -0.2) is 96.9 Å². The van der Waals surface area contributed by atoms with Crippen LogP contribution in [0.25, 0.3) is 22.0 Å². The third kappa shape index (κ3) is 9.41. The van der Waals surface area contributed by atoms with Gasteiger partial charge < -0.3 is 44.2 Å². The molecule has 0 spiro atoms. The number of hydrogen-bond donors (Lipinski definition) is 5. The molecule has 5 aromatic rings. The average molecular weight is 871 g/mol. The molecule has 0 aliphatic carbocycles. The average Bonchev–Trinajstić information content (AvgIpc) is 4.02. The number of esters is 1. The minimum absolute atomic E-state index is 0.0157. The van der Waals surface area contributed by atoms with Gasteiger partial charge in [-0.3, -0.25) is 14.9 Å². The summed E-state index contributed by atoms with van der Waals surface area (Å²) < 4.78 is 61.4. The summed E-state index contributed by atoms with van der Waals surface area (Å²) in [7, 11) is 5.94. The third-order valence-electron chi connectivity index (χ3n) is 12.3. The Balaban J connectivity index is 0.864. The number of benzene rings is 4. The first-order valence-corrected chi connectivity index (χ1v) is 20.5. The molecule has 5 N–H and O–H groups in total. The van der Waals surface area contributed by atoms with Crippen molar-refractivity contribution in [3.8, 4) is 22.6 Å². The van der Waals surface area contributed by atoms with Crippen LogP contribution in [-0.2, 0) is 32.0 Å². The molecule has 2 bridgehead atoms. The fraction of sp³-hybridized carbons (Fsp3) is 0.348. The Hall–Kier alpha value is -6.27. The van der Waals surface area contributed by atoms with Gasteiger partial charge in [-0.2, -0.15) is 13.2 Å². The number of hydrogen-bond acceptors (Lipinski definition) is 10. The van der Waals surface area contributed by atoms with E-state index < -0.39 is 35.7 Å². The number of aromatic nitrogens is 1. The molecule has 3 aliphatic rings. The number of rotatable bonds is 14. The number of anilines is 2. The van der Waals surface area contributed by atoms with Gasteiger partial charge in [-0.05, 0) is 47.4 Å². The first kappa shape index (κ1) is 43.4. The van der Waals surface area contributed by atoms with E-state index in [0.717, 1.165) is 46.1 Å². The number of epoxide rings is 1. The highest BCUT2D eigenvalue weighted by molar-refractivity contribution is 5.93. The highest BCUT2D eigenvalue weighted by Crippen LogP contribution is 2.51. The van der Waals surface area contributed by atoms with Gasteiger partial charge in [-0.1, -0.05) is 54.6 Å². The minimum atomic E-state index is -5.25. The highest BCUT2D eigenvalue weighted by atomic mass is 19.4. The minimum Gasteiger partial charge on any atom is -0.496 e. The molecule has 6 atom stereocenters. The lowest BCUT2D eigenvalue weighted by Gasteiger charge is -2.45. The van der Waals surface area contributed by atoms with E-state index in [4.69, 9.17) is 14.2 Å². The third-order valence-corrected chi connectivity index (χ3v) is 12.3. The predicted molar refractivity (Wildman–Crippen MR) is 226 cm³/mol. The summed E-state index contributed by atoms with van der Waals surface area (Å²) in [4.78, 5) is 52.4. The van der Waals surface area contributed by atoms with E-state index in [0.29, 0.717) is 41.2 Å². The summed E-state index contributed by atoms with van der Waals surface area (Å²) in [6.45, 7) is 0.209. The molecule has 330 valence electrons. The van der Waals surface area contributed by atoms with Gasteiger partial charge in [0.15, 0.2) is 5.75 Å². The van der Waals surface area contributed by atoms with E-state index >= 15 is 0 Å². The van der Waals surface area contributed by atoms with E-state index in [2.05, 4.69) is 39.8 Å². The van der Waals surface area contributed by atoms with Crippen molar-refractivity contribution in [1.29, 1.82) is 0 Å². The van der Waals surface area contributed by atoms with Crippen LogP contribution in [0.2, 0.25) is 0 Å². The maximum Gasteiger partial charge on any atom is 0.491 e. The zero-order chi connectivity index (χ0) is 44.6. The molecule has 0 saturated carbocycles. The first-order chi connectivity index (χ1) is 30.1. The maximum atomic E-state index is 13.4. The second-order valence-electron chi connectivity index (χ2n) is 16.6. The van der Waals surface area contributed by atoms with Crippen molar-refractivity contribution in [1.82, 2.24) is 10.3 Å². The zero-order valence-corrected chi connectivity index (χ0v) is 34.7. The monoisotopic (exact) mass is 870 g/mol. The number of ether oxygens (including phenoxy) is 4. The van der Waals surface area contributed by atoms with E-state index in [1.54, 1.807) is 18.2 Å². The number of pyridine rings is 1. The second kappa shape index (κ2) is 17.5. The highest BCUT2D eigenvalue weighted by Gasteiger charge is 2.70. The molecular weight excluding hydrogens is 824 g/mol. The van der Waals surface area contributed by atoms with Gasteiger partial charge in [0.25, 0.3) is 0 Å². The number of aryl methyl sites for hydroxylation is 1. The number of aliphatic hydroxyl groups excluding tert-OH is 1. The number of alkyl halides is 3. The van der Waals surface area contributed by atoms with Crippen LogP contribution in [0.15, 0.2) is 95.8 Å². The van der Waals surface area contributed by atoms with Gasteiger partial charge in [0.05, 0.1) is 38.5 Å². The van der Waals surface area contributed by atoms with Crippen LogP contribution in [0.1, 0.15) is 42.1 Å². The number of aromatic amines is 1. The summed E-state index contributed by atoms with van der Waals surface area (Å²) >= 11 is 0. The summed E-state index contributed by atoms with van der Waals surface area (Å²) in [5.74, 6) is -2.74. The smallest absolute Gasteiger partial charge is 0.491 e. The topological polar surface area (TPSA) is 181 Å². The number of fused-ring (bicyclic) bond motifs is 6. The van der Waals surface area contributed by atoms with Gasteiger partial charge in [0, 0.05) is 66.7 Å². The summed E-state index contributed by atoms with van der Waals surface area (Å²) in [6.07, 6.45) is -4.63. The van der Waals surface area contributed by atoms with Crippen molar-refractivity contribution >= 4 is 40.2 Å². The Morgan fingerprint density at radius 3 is 2.38 bits per heavy atom. The lowest BCUT2D eigenvalue weighted by molar-refractivity contribution is -0.938. The number of morpholine rings is 1. The fourth-order valence-electron chi connectivity index (χ4n) is 9.00. The van der Waals surface area contributed by atoms with Crippen molar-refractivity contribution < 1.29 is 56.1 Å². The van der Waals surface area contributed by atoms with Gasteiger partial charge in [0.2, 0.25) is 11.5 Å². The number of piperidine rings is 1. The Morgan fingerprint density at radius 1 is 0.921 bits per heavy atom. The largest absolute Gasteiger partial charge is 0.496 e. The van der Waals surface area contributed by atoms with Crippen LogP contribution in [0.4, 0.5) is 29.3 Å². The van der Waals surface area contributed by atoms with Crippen molar-refractivity contribution in [3.63, 3.8) is 0 Å². The van der Waals surface area contributed by atoms with Gasteiger partial charge in [-0.25, -0.2) is 9.59 Å². The molecule has 3 fully saturated rings. The number of nitrogens with one attached hydrogen (secondary N) is 4. The van der Waals surface area contributed by atoms with Crippen molar-refractivity contribution in [3.05, 3.63) is 118 Å². The second-order valence-corrected chi connectivity index (χ2v) is 16.6. The molecule has 17 heteroatoms. The van der Waals surface area contributed by atoms with Crippen LogP contribution in [0, 0.1) is 0 Å². The van der Waals surface area contributed by atoms with Crippen molar-refractivity contribution in [2.45, 2.75) is 74.9 Å². The summed E-state index contributed by atoms with van der Waals surface area (Å²) in [5.41, 5.74) is 3.83. The fourth-order valence-corrected chi connectivity index (χ4v) is 9.00. The number of H-pyrrole nitrogens is 1. The molecule has 63 heavy (non-hydrogen) atoms. The molecule has 8 rings (SSSR count). The normalized spacial score (nSPS) is 21.2. The molecule has 4 heterocycles. The Morgan fingerprint density at radius 2 is 1.67 bits per heavy atom. The molecule has 3 saturated heterocycles. The molecule has 4 aromatic carbocycles. The number of carbonyl (C=O) groups excluding carboxylic acids is 3. The molecule has 1 aromatic heterocycles. The lowest BCUT2D eigenvalue weighted by Crippen LogP contribution is -2.60. The Labute approximate surface area is 359 Å². The van der Waals surface area contributed by atoms with E-state index in [1.807, 2.05) is 48.5 Å². The summed E-state index contributed by atoms with van der Waals surface area (Å²) in [6, 6.07) is 26.1. The molecule has 2 amide bonds. The van der Waals surface area contributed by atoms with Gasteiger partial charge >= 0.3 is 18.2 Å². The quantitative estimate of drug-likeness (QED) is 0.0364. The standard InChI is InChI=1S/C46H46F3N5O9/c1-54(2)34-21-29(22-35(54)43-42(34)63-43)61-45(59)52-33-19-25(9-13-30(33)26-7-5-4-6-8-26)10-17-39(56)51-28-12-11-27(38(20-28)60-3)23-50-24-36(55)31-14-16-37(62-44(58)46(47,48)49)41-32(31)15-18-40(57)53-41/h4-9,11-16,18-20,29,34-36,42-43,50,55H,10,17,21-24H2,1-3H3,(H2-,51,52,53,56,57,59)/p+1/t29?,34-,35+,36-,42-,43+/m0/s1. The number of likely N-dealkylation sites (N-methyl/N-ethyl adjacent to an activating group) is 1. The van der Waals surface area contributed by atoms with Crippen LogP contribution < -0.4 is 31.0 Å². The van der Waals surface area contributed by atoms with Crippen molar-refractivity contribution in [2.75, 3.05) is 38.4 Å². The predicted octanol–water partition coefficient (Wildman–Crippen LogP) is 6.37. The number of nitrogens with zero attached hydrogens (tertiary/aromatic N) is 1. The first-order valence-electron chi connectivity index (χ1n) is 20.5. The van der Waals surface area contributed by atoms with E-state index in [-0.39, 0.29) is 60.2 Å². The number of halogens is 3. The van der Waals surface area contributed by atoms with Gasteiger partial charge in [-0.15, -0.1) is 0 Å². The Kier molecular flexibility index (Phi) is 12.0. The maximum absolute atomic E-state index is 13.4. The molecule has 14 nitrogen and oxygen atoms in total. The van der Waals surface area contributed by atoms with Crippen LogP contribution in [0.5, 0.6) is 11.5 Å². The van der Waals surface area contributed by atoms with E-state index in [9.17, 15) is 37.5 Å². The number of aliphatic hydroxyl groups is 1. The van der Waals surface area contributed by atoms with Crippen molar-refractivity contribution in [2.24, 2.45) is 0 Å². The van der Waals surface area contributed by atoms with Crippen LogP contribution in [0.3, 0.4) is 0 Å². The lowest BCUT2D eigenvalue weighted by atomic mass is 9.96. The van der Waals surface area contributed by atoms with E-state index in [1.165, 1.54) is 19.2 Å². The summed E-state index contributed by atoms with van der Waals surface area (Å²) in [5, 5.41) is 20.3. The number of quaternary nitrogens is 1. The zero-order valence-electron chi connectivity index (χ0n) is 34.7.